The molecule has 0 radical (unpaired) electrons. The Morgan fingerprint density at radius 3 is 2.71 bits per heavy atom. The van der Waals surface area contributed by atoms with Crippen LogP contribution in [0, 0.1) is 0 Å². The van der Waals surface area contributed by atoms with Gasteiger partial charge in [0.05, 0.1) is 6.10 Å². The predicted octanol–water partition coefficient (Wildman–Crippen LogP) is 0.578. The zero-order chi connectivity index (χ0) is 15.1. The summed E-state index contributed by atoms with van der Waals surface area (Å²) in [6.07, 6.45) is 5.62. The SMILES string of the molecule is CC[C@@H](O)CN1CCN(C(=O)CCCn2cccn2)CC1. The summed E-state index contributed by atoms with van der Waals surface area (Å²) in [6, 6.07) is 1.89. The van der Waals surface area contributed by atoms with Crippen molar-refractivity contribution in [1.29, 1.82) is 0 Å². The van der Waals surface area contributed by atoms with Crippen molar-refractivity contribution in [2.24, 2.45) is 0 Å². The van der Waals surface area contributed by atoms with Gasteiger partial charge in [-0.25, -0.2) is 0 Å². The van der Waals surface area contributed by atoms with Crippen LogP contribution in [0.5, 0.6) is 0 Å². The number of hydrogen-bond acceptors (Lipinski definition) is 4. The molecular formula is C15H26N4O2. The summed E-state index contributed by atoms with van der Waals surface area (Å²) in [5.41, 5.74) is 0. The minimum Gasteiger partial charge on any atom is -0.392 e. The van der Waals surface area contributed by atoms with Crippen molar-refractivity contribution in [3.05, 3.63) is 18.5 Å². The Bertz CT molecular complexity index is 413. The van der Waals surface area contributed by atoms with E-state index in [0.717, 1.165) is 52.1 Å². The summed E-state index contributed by atoms with van der Waals surface area (Å²) in [7, 11) is 0. The molecule has 2 rings (SSSR count). The highest BCUT2D eigenvalue weighted by Gasteiger charge is 2.21. The first-order valence-electron chi connectivity index (χ1n) is 7.84. The first-order valence-corrected chi connectivity index (χ1v) is 7.84. The largest absolute Gasteiger partial charge is 0.392 e. The van der Waals surface area contributed by atoms with Gasteiger partial charge < -0.3 is 10.0 Å². The van der Waals surface area contributed by atoms with Gasteiger partial charge in [0.25, 0.3) is 0 Å². The summed E-state index contributed by atoms with van der Waals surface area (Å²) >= 11 is 0. The number of aliphatic hydroxyl groups is 1. The standard InChI is InChI=1S/C15H26N4O2/c1-2-14(20)13-17-9-11-18(12-10-17)15(21)5-3-7-19-8-4-6-16-19/h4,6,8,14,20H,2-3,5,7,9-13H2,1H3/t14-/m1/s1. The van der Waals surface area contributed by atoms with Crippen molar-refractivity contribution in [1.82, 2.24) is 19.6 Å². The van der Waals surface area contributed by atoms with Crippen LogP contribution in [0.25, 0.3) is 0 Å². The van der Waals surface area contributed by atoms with Crippen LogP contribution in [0.2, 0.25) is 0 Å². The van der Waals surface area contributed by atoms with Crippen LogP contribution >= 0.6 is 0 Å². The van der Waals surface area contributed by atoms with Crippen molar-refractivity contribution in [2.75, 3.05) is 32.7 Å². The molecule has 1 N–H and O–H groups in total. The van der Waals surface area contributed by atoms with Crippen LogP contribution < -0.4 is 0 Å². The molecule has 118 valence electrons. The maximum absolute atomic E-state index is 12.1. The highest BCUT2D eigenvalue weighted by Crippen LogP contribution is 2.07. The van der Waals surface area contributed by atoms with Crippen molar-refractivity contribution in [3.8, 4) is 0 Å². The molecule has 0 unspecified atom stereocenters. The molecule has 1 aliphatic rings. The van der Waals surface area contributed by atoms with Crippen LogP contribution in [0.15, 0.2) is 18.5 Å². The van der Waals surface area contributed by atoms with Gasteiger partial charge in [0, 0.05) is 58.1 Å². The molecule has 0 saturated carbocycles. The quantitative estimate of drug-likeness (QED) is 0.799. The Kier molecular flexibility index (Phi) is 6.20. The molecular weight excluding hydrogens is 268 g/mol. The van der Waals surface area contributed by atoms with Crippen LogP contribution in [0.4, 0.5) is 0 Å². The minimum atomic E-state index is -0.249. The van der Waals surface area contributed by atoms with Crippen LogP contribution in [0.1, 0.15) is 26.2 Å². The highest BCUT2D eigenvalue weighted by molar-refractivity contribution is 5.76. The number of piperazine rings is 1. The van der Waals surface area contributed by atoms with Crippen molar-refractivity contribution >= 4 is 5.91 Å². The lowest BCUT2D eigenvalue weighted by Gasteiger charge is -2.35. The summed E-state index contributed by atoms with van der Waals surface area (Å²) in [6.45, 7) is 6.78. The Hall–Kier alpha value is -1.40. The lowest BCUT2D eigenvalue weighted by Crippen LogP contribution is -2.50. The molecule has 0 aromatic carbocycles. The van der Waals surface area contributed by atoms with Crippen LogP contribution in [-0.2, 0) is 11.3 Å². The first kappa shape index (κ1) is 16.0. The summed E-state index contributed by atoms with van der Waals surface area (Å²) < 4.78 is 1.86. The summed E-state index contributed by atoms with van der Waals surface area (Å²) in [5, 5.41) is 13.8. The Morgan fingerprint density at radius 2 is 2.10 bits per heavy atom. The average Bonchev–Trinajstić information content (AvgIpc) is 3.01. The number of carbonyl (C=O) groups is 1. The molecule has 0 bridgehead atoms. The number of β-amino-alcohol motifs (C(OH)–C–C–N with tert-alkyl or cyclic N) is 1. The topological polar surface area (TPSA) is 61.6 Å². The van der Waals surface area contributed by atoms with E-state index in [1.807, 2.05) is 28.8 Å². The molecule has 1 aliphatic heterocycles. The molecule has 0 spiro atoms. The number of nitrogens with zero attached hydrogens (tertiary/aromatic N) is 4. The number of aliphatic hydroxyl groups excluding tert-OH is 1. The van der Waals surface area contributed by atoms with E-state index in [4.69, 9.17) is 0 Å². The van der Waals surface area contributed by atoms with Gasteiger partial charge in [-0.05, 0) is 18.9 Å². The Balaban J connectivity index is 1.63. The van der Waals surface area contributed by atoms with Gasteiger partial charge in [0.1, 0.15) is 0 Å². The van der Waals surface area contributed by atoms with E-state index < -0.39 is 0 Å². The number of aromatic nitrogens is 2. The zero-order valence-electron chi connectivity index (χ0n) is 12.8. The fourth-order valence-corrected chi connectivity index (χ4v) is 2.59. The highest BCUT2D eigenvalue weighted by atomic mass is 16.3. The van der Waals surface area contributed by atoms with Gasteiger partial charge in [-0.3, -0.25) is 14.4 Å². The maximum Gasteiger partial charge on any atom is 0.222 e. The van der Waals surface area contributed by atoms with Crippen molar-refractivity contribution in [3.63, 3.8) is 0 Å². The van der Waals surface area contributed by atoms with Gasteiger partial charge in [-0.15, -0.1) is 0 Å². The molecule has 21 heavy (non-hydrogen) atoms. The number of carbonyl (C=O) groups excluding carboxylic acids is 1. The fourth-order valence-electron chi connectivity index (χ4n) is 2.59. The molecule has 1 fully saturated rings. The lowest BCUT2D eigenvalue weighted by atomic mass is 10.2. The van der Waals surface area contributed by atoms with Gasteiger partial charge in [-0.1, -0.05) is 6.92 Å². The minimum absolute atomic E-state index is 0.234. The normalized spacial score (nSPS) is 17.9. The molecule has 1 amide bonds. The van der Waals surface area contributed by atoms with Gasteiger partial charge in [0.2, 0.25) is 5.91 Å². The third-order valence-corrected chi connectivity index (χ3v) is 4.00. The third kappa shape index (κ3) is 5.13. The summed E-state index contributed by atoms with van der Waals surface area (Å²) in [4.78, 5) is 16.3. The van der Waals surface area contributed by atoms with Crippen LogP contribution in [-0.4, -0.2) is 69.4 Å². The second-order valence-electron chi connectivity index (χ2n) is 5.62. The van der Waals surface area contributed by atoms with Crippen molar-refractivity contribution < 1.29 is 9.90 Å². The molecule has 2 heterocycles. The molecule has 1 aromatic rings. The molecule has 1 atom stereocenters. The molecule has 0 aliphatic carbocycles. The fraction of sp³-hybridized carbons (Fsp3) is 0.733. The van der Waals surface area contributed by atoms with E-state index in [9.17, 15) is 9.90 Å². The number of aryl methyl sites for hydroxylation is 1. The zero-order valence-corrected chi connectivity index (χ0v) is 12.8. The van der Waals surface area contributed by atoms with E-state index in [-0.39, 0.29) is 12.0 Å². The third-order valence-electron chi connectivity index (χ3n) is 4.00. The second-order valence-corrected chi connectivity index (χ2v) is 5.62. The van der Waals surface area contributed by atoms with E-state index in [2.05, 4.69) is 10.00 Å². The predicted molar refractivity (Wildman–Crippen MR) is 80.8 cm³/mol. The Morgan fingerprint density at radius 1 is 1.33 bits per heavy atom. The van der Waals surface area contributed by atoms with E-state index >= 15 is 0 Å². The van der Waals surface area contributed by atoms with Gasteiger partial charge in [0.15, 0.2) is 0 Å². The molecule has 1 saturated heterocycles. The molecule has 1 aromatic heterocycles. The Labute approximate surface area is 126 Å². The first-order chi connectivity index (χ1) is 10.2. The molecule has 6 heteroatoms. The van der Waals surface area contributed by atoms with E-state index in [1.165, 1.54) is 0 Å². The monoisotopic (exact) mass is 294 g/mol. The smallest absolute Gasteiger partial charge is 0.222 e. The summed E-state index contributed by atoms with van der Waals surface area (Å²) in [5.74, 6) is 0.234. The molecule has 6 nitrogen and oxygen atoms in total. The second kappa shape index (κ2) is 8.14. The number of rotatable bonds is 7. The van der Waals surface area contributed by atoms with E-state index in [1.54, 1.807) is 6.20 Å². The van der Waals surface area contributed by atoms with E-state index in [0.29, 0.717) is 6.42 Å². The lowest BCUT2D eigenvalue weighted by molar-refractivity contribution is -0.133. The van der Waals surface area contributed by atoms with Gasteiger partial charge in [-0.2, -0.15) is 5.10 Å². The van der Waals surface area contributed by atoms with Crippen LogP contribution in [0.3, 0.4) is 0 Å². The van der Waals surface area contributed by atoms with Gasteiger partial charge >= 0.3 is 0 Å². The van der Waals surface area contributed by atoms with Crippen molar-refractivity contribution in [2.45, 2.75) is 38.8 Å². The maximum atomic E-state index is 12.1. The number of amides is 1. The number of hydrogen-bond donors (Lipinski definition) is 1. The average molecular weight is 294 g/mol.